The largest absolute Gasteiger partial charge is 0.482 e. The van der Waals surface area contributed by atoms with Crippen molar-refractivity contribution in [1.29, 1.82) is 0 Å². The van der Waals surface area contributed by atoms with E-state index in [0.29, 0.717) is 17.9 Å². The van der Waals surface area contributed by atoms with Gasteiger partial charge in [0.1, 0.15) is 18.1 Å². The minimum absolute atomic E-state index is 0.0905. The maximum atomic E-state index is 12.1. The molecule has 0 fully saturated rings. The fraction of sp³-hybridized carbons (Fsp3) is 0.391. The molecule has 2 aromatic carbocycles. The lowest BCUT2D eigenvalue weighted by molar-refractivity contribution is -0.136. The summed E-state index contributed by atoms with van der Waals surface area (Å²) in [5.74, 6) is -0.230. The van der Waals surface area contributed by atoms with Crippen molar-refractivity contribution in [3.63, 3.8) is 0 Å². The first-order chi connectivity index (χ1) is 13.9. The van der Waals surface area contributed by atoms with E-state index in [0.717, 1.165) is 6.42 Å². The minimum Gasteiger partial charge on any atom is -0.482 e. The number of ether oxygens (including phenoxy) is 4. The Hall–Kier alpha value is -2.86. The molecule has 0 N–H and O–H groups in total. The SMILES string of the molecule is CCC(C)(C)c1ccc(OCC(=O)Oc2cccc(C(=O)OCCOC)c2)cc1. The van der Waals surface area contributed by atoms with E-state index in [-0.39, 0.29) is 24.4 Å². The molecule has 2 aromatic rings. The molecule has 29 heavy (non-hydrogen) atoms. The monoisotopic (exact) mass is 400 g/mol. The van der Waals surface area contributed by atoms with Gasteiger partial charge in [-0.25, -0.2) is 9.59 Å². The molecule has 0 amide bonds. The third-order valence-electron chi connectivity index (χ3n) is 4.70. The summed E-state index contributed by atoms with van der Waals surface area (Å²) >= 11 is 0. The third kappa shape index (κ3) is 6.91. The van der Waals surface area contributed by atoms with Gasteiger partial charge in [-0.3, -0.25) is 0 Å². The van der Waals surface area contributed by atoms with Gasteiger partial charge in [-0.2, -0.15) is 0 Å². The standard InChI is InChI=1S/C23H28O6/c1-5-23(2,3)18-9-11-19(12-10-18)28-16-21(24)29-20-8-6-7-17(15-20)22(25)27-14-13-26-4/h6-12,15H,5,13-14,16H2,1-4H3. The van der Waals surface area contributed by atoms with Crippen molar-refractivity contribution in [2.45, 2.75) is 32.6 Å². The van der Waals surface area contributed by atoms with Crippen LogP contribution in [0.2, 0.25) is 0 Å². The maximum Gasteiger partial charge on any atom is 0.349 e. The van der Waals surface area contributed by atoms with E-state index in [1.165, 1.54) is 18.7 Å². The van der Waals surface area contributed by atoms with Gasteiger partial charge in [-0.15, -0.1) is 0 Å². The van der Waals surface area contributed by atoms with E-state index in [2.05, 4.69) is 20.8 Å². The van der Waals surface area contributed by atoms with Gasteiger partial charge in [-0.05, 0) is 47.7 Å². The Morgan fingerprint density at radius 1 is 0.966 bits per heavy atom. The molecular formula is C23H28O6. The van der Waals surface area contributed by atoms with E-state index in [9.17, 15) is 9.59 Å². The highest BCUT2D eigenvalue weighted by Crippen LogP contribution is 2.28. The summed E-state index contributed by atoms with van der Waals surface area (Å²) in [6.45, 7) is 6.74. The summed E-state index contributed by atoms with van der Waals surface area (Å²) < 4.78 is 20.6. The normalized spacial score (nSPS) is 11.0. The van der Waals surface area contributed by atoms with Crippen molar-refractivity contribution in [3.05, 3.63) is 59.7 Å². The first-order valence-electron chi connectivity index (χ1n) is 9.56. The van der Waals surface area contributed by atoms with Gasteiger partial charge >= 0.3 is 11.9 Å². The second kappa shape index (κ2) is 10.6. The fourth-order valence-corrected chi connectivity index (χ4v) is 2.50. The van der Waals surface area contributed by atoms with Gasteiger partial charge < -0.3 is 18.9 Å². The number of esters is 2. The molecule has 0 aliphatic heterocycles. The summed E-state index contributed by atoms with van der Waals surface area (Å²) in [4.78, 5) is 24.0. The van der Waals surface area contributed by atoms with Crippen LogP contribution in [0.5, 0.6) is 11.5 Å². The molecule has 6 nitrogen and oxygen atoms in total. The molecule has 0 spiro atoms. The second-order valence-corrected chi connectivity index (χ2v) is 7.18. The van der Waals surface area contributed by atoms with Crippen LogP contribution in [0.4, 0.5) is 0 Å². The first-order valence-corrected chi connectivity index (χ1v) is 9.56. The molecule has 0 aliphatic carbocycles. The van der Waals surface area contributed by atoms with E-state index in [1.54, 1.807) is 18.2 Å². The lowest BCUT2D eigenvalue weighted by Crippen LogP contribution is -2.18. The zero-order valence-electron chi connectivity index (χ0n) is 17.4. The molecule has 0 bridgehead atoms. The third-order valence-corrected chi connectivity index (χ3v) is 4.70. The number of hydrogen-bond donors (Lipinski definition) is 0. The van der Waals surface area contributed by atoms with Crippen molar-refractivity contribution in [2.24, 2.45) is 0 Å². The second-order valence-electron chi connectivity index (χ2n) is 7.18. The molecule has 2 rings (SSSR count). The molecule has 6 heteroatoms. The van der Waals surface area contributed by atoms with E-state index in [4.69, 9.17) is 18.9 Å². The number of carbonyl (C=O) groups is 2. The first kappa shape index (κ1) is 22.4. The highest BCUT2D eigenvalue weighted by atomic mass is 16.6. The van der Waals surface area contributed by atoms with E-state index < -0.39 is 11.9 Å². The van der Waals surface area contributed by atoms with Gasteiger partial charge in [-0.1, -0.05) is 39.0 Å². The van der Waals surface area contributed by atoms with Crippen molar-refractivity contribution in [1.82, 2.24) is 0 Å². The lowest BCUT2D eigenvalue weighted by Gasteiger charge is -2.23. The van der Waals surface area contributed by atoms with Gasteiger partial charge in [0, 0.05) is 7.11 Å². The van der Waals surface area contributed by atoms with Crippen LogP contribution in [0, 0.1) is 0 Å². The molecule has 0 heterocycles. The van der Waals surface area contributed by atoms with Crippen LogP contribution in [0.15, 0.2) is 48.5 Å². The zero-order chi connectivity index (χ0) is 21.3. The van der Waals surface area contributed by atoms with Crippen molar-refractivity contribution >= 4 is 11.9 Å². The number of benzene rings is 2. The summed E-state index contributed by atoms with van der Waals surface area (Å²) in [6.07, 6.45) is 1.03. The van der Waals surface area contributed by atoms with Crippen LogP contribution >= 0.6 is 0 Å². The summed E-state index contributed by atoms with van der Waals surface area (Å²) in [5.41, 5.74) is 1.60. The quantitative estimate of drug-likeness (QED) is 0.339. The van der Waals surface area contributed by atoms with Gasteiger partial charge in [0.15, 0.2) is 6.61 Å². The number of carbonyl (C=O) groups excluding carboxylic acids is 2. The lowest BCUT2D eigenvalue weighted by atomic mass is 9.82. The van der Waals surface area contributed by atoms with Crippen LogP contribution in [0.3, 0.4) is 0 Å². The van der Waals surface area contributed by atoms with E-state index >= 15 is 0 Å². The zero-order valence-corrected chi connectivity index (χ0v) is 17.4. The van der Waals surface area contributed by atoms with Crippen molar-refractivity contribution < 1.29 is 28.5 Å². The van der Waals surface area contributed by atoms with Crippen molar-refractivity contribution in [2.75, 3.05) is 26.9 Å². The predicted octanol–water partition coefficient (Wildman–Crippen LogP) is 4.16. The summed E-state index contributed by atoms with van der Waals surface area (Å²) in [7, 11) is 1.52. The Balaban J connectivity index is 1.88. The predicted molar refractivity (Wildman–Crippen MR) is 109 cm³/mol. The molecule has 156 valence electrons. The van der Waals surface area contributed by atoms with Gasteiger partial charge in [0.2, 0.25) is 0 Å². The molecule has 0 unspecified atom stereocenters. The Morgan fingerprint density at radius 2 is 1.69 bits per heavy atom. The van der Waals surface area contributed by atoms with Crippen LogP contribution in [0.1, 0.15) is 43.1 Å². The van der Waals surface area contributed by atoms with E-state index in [1.807, 2.05) is 24.3 Å². The molecule has 0 atom stereocenters. The topological polar surface area (TPSA) is 71.1 Å². The smallest absolute Gasteiger partial charge is 0.349 e. The molecule has 0 radical (unpaired) electrons. The minimum atomic E-state index is -0.562. The van der Waals surface area contributed by atoms with Crippen LogP contribution in [0.25, 0.3) is 0 Å². The molecular weight excluding hydrogens is 372 g/mol. The molecule has 0 saturated heterocycles. The molecule has 0 aromatic heterocycles. The Morgan fingerprint density at radius 3 is 2.34 bits per heavy atom. The molecule has 0 aliphatic rings. The van der Waals surface area contributed by atoms with Crippen LogP contribution in [-0.4, -0.2) is 38.9 Å². The Labute approximate surface area is 171 Å². The summed E-state index contributed by atoms with van der Waals surface area (Å²) in [6, 6.07) is 13.9. The van der Waals surface area contributed by atoms with Crippen molar-refractivity contribution in [3.8, 4) is 11.5 Å². The number of hydrogen-bond acceptors (Lipinski definition) is 6. The Kier molecular flexibility index (Phi) is 8.21. The molecule has 0 saturated carbocycles. The van der Waals surface area contributed by atoms with Crippen LogP contribution in [-0.2, 0) is 19.7 Å². The maximum absolute atomic E-state index is 12.1. The Bertz CT molecular complexity index is 810. The van der Waals surface area contributed by atoms with Crippen LogP contribution < -0.4 is 9.47 Å². The summed E-state index contributed by atoms with van der Waals surface area (Å²) in [5, 5.41) is 0. The average Bonchev–Trinajstić information content (AvgIpc) is 2.73. The number of rotatable bonds is 10. The average molecular weight is 400 g/mol. The van der Waals surface area contributed by atoms with Gasteiger partial charge in [0.25, 0.3) is 0 Å². The fourth-order valence-electron chi connectivity index (χ4n) is 2.50. The highest BCUT2D eigenvalue weighted by Gasteiger charge is 2.17. The highest BCUT2D eigenvalue weighted by molar-refractivity contribution is 5.90. The van der Waals surface area contributed by atoms with Gasteiger partial charge in [0.05, 0.1) is 12.2 Å². The number of methoxy groups -OCH3 is 1.